The molecule has 0 bridgehead atoms. The summed E-state index contributed by atoms with van der Waals surface area (Å²) in [6.45, 7) is 7.98. The van der Waals surface area contributed by atoms with Crippen LogP contribution >= 0.6 is 0 Å². The van der Waals surface area contributed by atoms with Crippen LogP contribution in [0, 0.1) is 5.92 Å². The Morgan fingerprint density at radius 1 is 1.09 bits per heavy atom. The van der Waals surface area contributed by atoms with E-state index in [1.165, 1.54) is 33.3 Å². The minimum absolute atomic E-state index is 0.190. The molecule has 168 valence electrons. The first-order valence-electron chi connectivity index (χ1n) is 12.3. The lowest BCUT2D eigenvalue weighted by atomic mass is 9.88. The molecule has 1 atom stereocenters. The SMILES string of the molecule is CCc1cc(-c2[nH]c3ccc(C4CCN(C(=O)C5CCNC5)CC4)cc3c2CC)ccn1. The topological polar surface area (TPSA) is 61.0 Å². The van der Waals surface area contributed by atoms with Crippen LogP contribution in [0.15, 0.2) is 36.5 Å². The summed E-state index contributed by atoms with van der Waals surface area (Å²) in [6.07, 6.45) is 6.95. The highest BCUT2D eigenvalue weighted by Crippen LogP contribution is 2.35. The number of nitrogens with zero attached hydrogens (tertiary/aromatic N) is 2. The van der Waals surface area contributed by atoms with Crippen molar-refractivity contribution in [3.63, 3.8) is 0 Å². The van der Waals surface area contributed by atoms with E-state index in [2.05, 4.69) is 64.4 Å². The fourth-order valence-electron chi connectivity index (χ4n) is 5.52. The molecule has 1 amide bonds. The average Bonchev–Trinajstić information content (AvgIpc) is 3.51. The maximum absolute atomic E-state index is 12.8. The molecule has 0 spiro atoms. The quantitative estimate of drug-likeness (QED) is 0.618. The number of likely N-dealkylation sites (tertiary alicyclic amines) is 1. The van der Waals surface area contributed by atoms with Crippen LogP contribution in [0.25, 0.3) is 22.2 Å². The highest BCUT2D eigenvalue weighted by molar-refractivity contribution is 5.91. The molecule has 4 heterocycles. The molecule has 0 radical (unpaired) electrons. The van der Waals surface area contributed by atoms with Crippen LogP contribution in [-0.2, 0) is 17.6 Å². The van der Waals surface area contributed by atoms with E-state index in [4.69, 9.17) is 0 Å². The Morgan fingerprint density at radius 3 is 2.66 bits per heavy atom. The van der Waals surface area contributed by atoms with Gasteiger partial charge < -0.3 is 15.2 Å². The summed E-state index contributed by atoms with van der Waals surface area (Å²) in [7, 11) is 0. The Bertz CT molecular complexity index is 1100. The predicted molar refractivity (Wildman–Crippen MR) is 130 cm³/mol. The Balaban J connectivity index is 1.37. The van der Waals surface area contributed by atoms with Crippen LogP contribution in [0.3, 0.4) is 0 Å². The third kappa shape index (κ3) is 3.95. The van der Waals surface area contributed by atoms with Gasteiger partial charge in [-0.2, -0.15) is 0 Å². The van der Waals surface area contributed by atoms with Crippen molar-refractivity contribution in [2.45, 2.75) is 51.9 Å². The molecule has 0 saturated carbocycles. The van der Waals surface area contributed by atoms with Gasteiger partial charge in [0.1, 0.15) is 0 Å². The molecule has 1 unspecified atom stereocenters. The van der Waals surface area contributed by atoms with Crippen LogP contribution in [0.4, 0.5) is 0 Å². The van der Waals surface area contributed by atoms with E-state index in [-0.39, 0.29) is 5.92 Å². The highest BCUT2D eigenvalue weighted by atomic mass is 16.2. The molecule has 2 aliphatic rings. The first-order chi connectivity index (χ1) is 15.7. The zero-order chi connectivity index (χ0) is 22.1. The normalized spacial score (nSPS) is 19.7. The fraction of sp³-hybridized carbons (Fsp3) is 0.481. The number of fused-ring (bicyclic) bond motifs is 1. The molecular weight excluding hydrogens is 396 g/mol. The smallest absolute Gasteiger partial charge is 0.227 e. The third-order valence-corrected chi connectivity index (χ3v) is 7.44. The van der Waals surface area contributed by atoms with Gasteiger partial charge in [0.05, 0.1) is 5.92 Å². The number of aromatic amines is 1. The van der Waals surface area contributed by atoms with E-state index >= 15 is 0 Å². The first-order valence-corrected chi connectivity index (χ1v) is 12.3. The van der Waals surface area contributed by atoms with Gasteiger partial charge in [0.2, 0.25) is 5.91 Å². The van der Waals surface area contributed by atoms with Crippen LogP contribution in [0.5, 0.6) is 0 Å². The minimum Gasteiger partial charge on any atom is -0.354 e. The predicted octanol–water partition coefficient (Wildman–Crippen LogP) is 4.67. The Hall–Kier alpha value is -2.66. The second-order valence-electron chi connectivity index (χ2n) is 9.32. The lowest BCUT2D eigenvalue weighted by molar-refractivity contribution is -0.136. The number of hydrogen-bond donors (Lipinski definition) is 2. The van der Waals surface area contributed by atoms with Crippen molar-refractivity contribution in [1.29, 1.82) is 0 Å². The first kappa shape index (κ1) is 21.2. The Kier molecular flexibility index (Phi) is 6.01. The van der Waals surface area contributed by atoms with Crippen LogP contribution in [-0.4, -0.2) is 47.0 Å². The molecule has 2 fully saturated rings. The van der Waals surface area contributed by atoms with E-state index in [1.54, 1.807) is 0 Å². The number of rotatable bonds is 5. The molecule has 32 heavy (non-hydrogen) atoms. The number of aromatic nitrogens is 2. The summed E-state index contributed by atoms with van der Waals surface area (Å²) in [5.41, 5.74) is 7.57. The molecule has 2 aromatic heterocycles. The van der Waals surface area contributed by atoms with Crippen LogP contribution in [0.2, 0.25) is 0 Å². The van der Waals surface area contributed by atoms with Gasteiger partial charge >= 0.3 is 0 Å². The Morgan fingerprint density at radius 2 is 1.94 bits per heavy atom. The molecule has 3 aromatic rings. The van der Waals surface area contributed by atoms with Gasteiger partial charge in [-0.15, -0.1) is 0 Å². The van der Waals surface area contributed by atoms with E-state index in [0.717, 1.165) is 64.0 Å². The number of benzene rings is 1. The highest BCUT2D eigenvalue weighted by Gasteiger charge is 2.30. The number of hydrogen-bond acceptors (Lipinski definition) is 3. The second kappa shape index (κ2) is 9.07. The summed E-state index contributed by atoms with van der Waals surface area (Å²) in [5.74, 6) is 1.08. The molecule has 2 saturated heterocycles. The molecule has 5 rings (SSSR count). The lowest BCUT2D eigenvalue weighted by Gasteiger charge is -2.33. The van der Waals surface area contributed by atoms with Crippen LogP contribution in [0.1, 0.15) is 55.8 Å². The molecule has 1 aromatic carbocycles. The van der Waals surface area contributed by atoms with Crippen molar-refractivity contribution in [3.05, 3.63) is 53.3 Å². The summed E-state index contributed by atoms with van der Waals surface area (Å²) >= 11 is 0. The van der Waals surface area contributed by atoms with E-state index in [1.807, 2.05) is 6.20 Å². The van der Waals surface area contributed by atoms with Gasteiger partial charge in [0, 0.05) is 53.7 Å². The van der Waals surface area contributed by atoms with E-state index in [9.17, 15) is 4.79 Å². The minimum atomic E-state index is 0.190. The van der Waals surface area contributed by atoms with Crippen molar-refractivity contribution >= 4 is 16.8 Å². The number of amides is 1. The average molecular weight is 431 g/mol. The van der Waals surface area contributed by atoms with Crippen molar-refractivity contribution in [2.24, 2.45) is 5.92 Å². The van der Waals surface area contributed by atoms with Gasteiger partial charge in [-0.3, -0.25) is 9.78 Å². The number of nitrogens with one attached hydrogen (secondary N) is 2. The second-order valence-corrected chi connectivity index (χ2v) is 9.32. The summed E-state index contributed by atoms with van der Waals surface area (Å²) in [6, 6.07) is 11.2. The van der Waals surface area contributed by atoms with Gasteiger partial charge in [-0.25, -0.2) is 0 Å². The molecule has 2 aliphatic heterocycles. The maximum Gasteiger partial charge on any atom is 0.227 e. The maximum atomic E-state index is 12.8. The summed E-state index contributed by atoms with van der Waals surface area (Å²) in [4.78, 5) is 23.0. The summed E-state index contributed by atoms with van der Waals surface area (Å²) < 4.78 is 0. The van der Waals surface area contributed by atoms with E-state index in [0.29, 0.717) is 11.8 Å². The number of carbonyl (C=O) groups is 1. The van der Waals surface area contributed by atoms with E-state index < -0.39 is 0 Å². The van der Waals surface area contributed by atoms with Gasteiger partial charge in [0.25, 0.3) is 0 Å². The number of pyridine rings is 1. The monoisotopic (exact) mass is 430 g/mol. The van der Waals surface area contributed by atoms with Crippen LogP contribution < -0.4 is 5.32 Å². The lowest BCUT2D eigenvalue weighted by Crippen LogP contribution is -2.41. The molecule has 5 heteroatoms. The zero-order valence-corrected chi connectivity index (χ0v) is 19.3. The zero-order valence-electron chi connectivity index (χ0n) is 19.3. The number of piperidine rings is 1. The standard InChI is InChI=1S/C27H34N4O/c1-3-22-15-20(8-12-29-22)26-23(4-2)24-16-19(5-6-25(24)30-26)18-9-13-31(14-10-18)27(32)21-7-11-28-17-21/h5-6,8,12,15-16,18,21,28,30H,3-4,7,9-11,13-14,17H2,1-2H3. The van der Waals surface area contributed by atoms with Crippen molar-refractivity contribution in [3.8, 4) is 11.3 Å². The van der Waals surface area contributed by atoms with Crippen molar-refractivity contribution in [2.75, 3.05) is 26.2 Å². The molecule has 5 nitrogen and oxygen atoms in total. The summed E-state index contributed by atoms with van der Waals surface area (Å²) in [5, 5.41) is 4.66. The fourth-order valence-corrected chi connectivity index (χ4v) is 5.52. The largest absolute Gasteiger partial charge is 0.354 e. The molecule has 2 N–H and O–H groups in total. The third-order valence-electron chi connectivity index (χ3n) is 7.44. The van der Waals surface area contributed by atoms with Gasteiger partial charge in [-0.1, -0.05) is 19.9 Å². The Labute approximate surface area is 190 Å². The molecule has 0 aliphatic carbocycles. The number of H-pyrrole nitrogens is 1. The van der Waals surface area contributed by atoms with Crippen molar-refractivity contribution < 1.29 is 4.79 Å². The van der Waals surface area contributed by atoms with Gasteiger partial charge in [0.15, 0.2) is 0 Å². The number of aryl methyl sites for hydroxylation is 2. The molecular formula is C27H34N4O. The van der Waals surface area contributed by atoms with Crippen molar-refractivity contribution in [1.82, 2.24) is 20.2 Å². The number of carbonyl (C=O) groups excluding carboxylic acids is 1. The van der Waals surface area contributed by atoms with Gasteiger partial charge in [-0.05, 0) is 80.0 Å².